The Balaban J connectivity index is 2.05. The van der Waals surface area contributed by atoms with Crippen molar-refractivity contribution in [1.29, 1.82) is 0 Å². The second kappa shape index (κ2) is 9.44. The summed E-state index contributed by atoms with van der Waals surface area (Å²) in [5, 5.41) is 21.2. The zero-order valence-corrected chi connectivity index (χ0v) is 14.0. The van der Waals surface area contributed by atoms with Gasteiger partial charge in [0.2, 0.25) is 0 Å². The highest BCUT2D eigenvalue weighted by molar-refractivity contribution is 5.89. The summed E-state index contributed by atoms with van der Waals surface area (Å²) >= 11 is 0. The standard InChI is InChI=1S/C18H24O6/c1-21-9-14(19)11-23-16-6-7-17-13(8-16)4-3-5-18(17)24-12-15(20)10-22-2/h3-8,14-15,19-20H,9-12H2,1-2H3. The van der Waals surface area contributed by atoms with E-state index in [-0.39, 0.29) is 26.4 Å². The van der Waals surface area contributed by atoms with Crippen LogP contribution in [-0.4, -0.2) is 63.1 Å². The second-order valence-corrected chi connectivity index (χ2v) is 5.48. The van der Waals surface area contributed by atoms with Crippen molar-refractivity contribution in [3.8, 4) is 11.5 Å². The molecule has 2 aromatic rings. The SMILES string of the molecule is COCC(O)COc1ccc2c(OCC(O)COC)cccc2c1. The molecule has 0 saturated heterocycles. The lowest BCUT2D eigenvalue weighted by Gasteiger charge is -2.14. The van der Waals surface area contributed by atoms with Crippen LogP contribution in [0.25, 0.3) is 10.8 Å². The van der Waals surface area contributed by atoms with Gasteiger partial charge in [-0.05, 0) is 29.7 Å². The zero-order valence-electron chi connectivity index (χ0n) is 14.0. The molecule has 0 bridgehead atoms. The van der Waals surface area contributed by atoms with E-state index in [0.717, 1.165) is 10.8 Å². The monoisotopic (exact) mass is 336 g/mol. The summed E-state index contributed by atoms with van der Waals surface area (Å²) in [7, 11) is 3.07. The number of rotatable bonds is 10. The van der Waals surface area contributed by atoms with Crippen LogP contribution in [0.15, 0.2) is 36.4 Å². The smallest absolute Gasteiger partial charge is 0.127 e. The molecule has 0 amide bonds. The molecule has 2 unspecified atom stereocenters. The van der Waals surface area contributed by atoms with Crippen LogP contribution in [0.5, 0.6) is 11.5 Å². The summed E-state index contributed by atoms with van der Waals surface area (Å²) in [6, 6.07) is 11.3. The molecule has 0 aliphatic rings. The van der Waals surface area contributed by atoms with Crippen molar-refractivity contribution < 1.29 is 29.2 Å². The zero-order chi connectivity index (χ0) is 17.4. The van der Waals surface area contributed by atoms with Crippen LogP contribution in [0.1, 0.15) is 0 Å². The van der Waals surface area contributed by atoms with Crippen molar-refractivity contribution >= 4 is 10.8 Å². The molecule has 6 heteroatoms. The first-order valence-corrected chi connectivity index (χ1v) is 7.76. The number of benzene rings is 2. The van der Waals surface area contributed by atoms with Gasteiger partial charge in [-0.15, -0.1) is 0 Å². The van der Waals surface area contributed by atoms with Crippen molar-refractivity contribution in [2.24, 2.45) is 0 Å². The van der Waals surface area contributed by atoms with E-state index >= 15 is 0 Å². The van der Waals surface area contributed by atoms with Gasteiger partial charge in [-0.2, -0.15) is 0 Å². The maximum absolute atomic E-state index is 9.69. The third kappa shape index (κ3) is 5.35. The Bertz CT molecular complexity index is 630. The van der Waals surface area contributed by atoms with E-state index < -0.39 is 12.2 Å². The maximum atomic E-state index is 9.69. The number of ether oxygens (including phenoxy) is 4. The van der Waals surface area contributed by atoms with Crippen LogP contribution in [0.2, 0.25) is 0 Å². The maximum Gasteiger partial charge on any atom is 0.127 e. The van der Waals surface area contributed by atoms with Gasteiger partial charge in [-0.1, -0.05) is 12.1 Å². The molecular formula is C18H24O6. The molecule has 6 nitrogen and oxygen atoms in total. The van der Waals surface area contributed by atoms with Crippen molar-refractivity contribution in [3.63, 3.8) is 0 Å². The van der Waals surface area contributed by atoms with Gasteiger partial charge >= 0.3 is 0 Å². The predicted molar refractivity (Wildman–Crippen MR) is 90.7 cm³/mol. The lowest BCUT2D eigenvalue weighted by molar-refractivity contribution is 0.0325. The number of hydrogen-bond donors (Lipinski definition) is 2. The van der Waals surface area contributed by atoms with Gasteiger partial charge in [0.15, 0.2) is 0 Å². The molecule has 24 heavy (non-hydrogen) atoms. The molecule has 0 aliphatic carbocycles. The molecule has 2 N–H and O–H groups in total. The summed E-state index contributed by atoms with van der Waals surface area (Å²) in [4.78, 5) is 0. The van der Waals surface area contributed by atoms with Crippen molar-refractivity contribution in [2.45, 2.75) is 12.2 Å². The minimum absolute atomic E-state index is 0.161. The highest BCUT2D eigenvalue weighted by Gasteiger charge is 2.09. The van der Waals surface area contributed by atoms with E-state index in [4.69, 9.17) is 18.9 Å². The van der Waals surface area contributed by atoms with E-state index in [2.05, 4.69) is 0 Å². The van der Waals surface area contributed by atoms with Gasteiger partial charge < -0.3 is 29.2 Å². The van der Waals surface area contributed by atoms with E-state index in [1.165, 1.54) is 14.2 Å². The Morgan fingerprint density at radius 1 is 0.833 bits per heavy atom. The van der Waals surface area contributed by atoms with Gasteiger partial charge in [0.25, 0.3) is 0 Å². The average molecular weight is 336 g/mol. The minimum atomic E-state index is -0.671. The van der Waals surface area contributed by atoms with E-state index in [1.54, 1.807) is 0 Å². The Morgan fingerprint density at radius 3 is 2.17 bits per heavy atom. The molecule has 0 aromatic heterocycles. The summed E-state index contributed by atoms with van der Waals surface area (Å²) in [5.41, 5.74) is 0. The average Bonchev–Trinajstić information content (AvgIpc) is 2.58. The Labute approximate surface area is 141 Å². The molecule has 0 spiro atoms. The third-order valence-corrected chi connectivity index (χ3v) is 3.40. The molecule has 0 heterocycles. The second-order valence-electron chi connectivity index (χ2n) is 5.48. The molecule has 0 fully saturated rings. The summed E-state index contributed by atoms with van der Waals surface area (Å²) in [6.45, 7) is 0.787. The lowest BCUT2D eigenvalue weighted by atomic mass is 10.1. The Kier molecular flexibility index (Phi) is 7.27. The number of aliphatic hydroxyl groups is 2. The van der Waals surface area contributed by atoms with Crippen LogP contribution in [0.3, 0.4) is 0 Å². The molecule has 132 valence electrons. The lowest BCUT2D eigenvalue weighted by Crippen LogP contribution is -2.22. The van der Waals surface area contributed by atoms with Crippen LogP contribution in [0.4, 0.5) is 0 Å². The third-order valence-electron chi connectivity index (χ3n) is 3.40. The van der Waals surface area contributed by atoms with E-state index in [1.807, 2.05) is 36.4 Å². The topological polar surface area (TPSA) is 77.4 Å². The normalized spacial score (nSPS) is 13.7. The molecule has 2 rings (SSSR count). The van der Waals surface area contributed by atoms with Crippen LogP contribution < -0.4 is 9.47 Å². The predicted octanol–water partition coefficient (Wildman–Crippen LogP) is 1.61. The molecule has 0 saturated carbocycles. The van der Waals surface area contributed by atoms with Gasteiger partial charge in [-0.3, -0.25) is 0 Å². The molecule has 2 atom stereocenters. The van der Waals surface area contributed by atoms with E-state index in [9.17, 15) is 10.2 Å². The number of methoxy groups -OCH3 is 2. The van der Waals surface area contributed by atoms with Gasteiger partial charge in [-0.25, -0.2) is 0 Å². The summed E-state index contributed by atoms with van der Waals surface area (Å²) in [5.74, 6) is 1.35. The molecular weight excluding hydrogens is 312 g/mol. The molecule has 2 aromatic carbocycles. The quantitative estimate of drug-likeness (QED) is 0.686. The Hall–Kier alpha value is -1.86. The van der Waals surface area contributed by atoms with Crippen molar-refractivity contribution in [3.05, 3.63) is 36.4 Å². The van der Waals surface area contributed by atoms with Gasteiger partial charge in [0, 0.05) is 19.6 Å². The largest absolute Gasteiger partial charge is 0.491 e. The van der Waals surface area contributed by atoms with Crippen molar-refractivity contribution in [1.82, 2.24) is 0 Å². The summed E-state index contributed by atoms with van der Waals surface area (Å²) < 4.78 is 21.0. The van der Waals surface area contributed by atoms with Crippen LogP contribution in [0, 0.1) is 0 Å². The van der Waals surface area contributed by atoms with E-state index in [0.29, 0.717) is 11.5 Å². The van der Waals surface area contributed by atoms with Crippen molar-refractivity contribution in [2.75, 3.05) is 40.6 Å². The first kappa shape index (κ1) is 18.5. The number of aliphatic hydroxyl groups excluding tert-OH is 2. The van der Waals surface area contributed by atoms with Gasteiger partial charge in [0.05, 0.1) is 13.2 Å². The minimum Gasteiger partial charge on any atom is -0.491 e. The fourth-order valence-electron chi connectivity index (χ4n) is 2.31. The van der Waals surface area contributed by atoms with Crippen LogP contribution in [-0.2, 0) is 9.47 Å². The highest BCUT2D eigenvalue weighted by Crippen LogP contribution is 2.29. The number of fused-ring (bicyclic) bond motifs is 1. The molecule has 0 aliphatic heterocycles. The number of hydrogen-bond acceptors (Lipinski definition) is 6. The Morgan fingerprint density at radius 2 is 1.50 bits per heavy atom. The van der Waals surface area contributed by atoms with Gasteiger partial charge in [0.1, 0.15) is 36.9 Å². The fourth-order valence-corrected chi connectivity index (χ4v) is 2.31. The summed E-state index contributed by atoms with van der Waals surface area (Å²) in [6.07, 6.45) is -1.34. The first-order chi connectivity index (χ1) is 11.6. The fraction of sp³-hybridized carbons (Fsp3) is 0.444. The molecule has 0 radical (unpaired) electrons. The first-order valence-electron chi connectivity index (χ1n) is 7.76. The highest BCUT2D eigenvalue weighted by atomic mass is 16.5. The van der Waals surface area contributed by atoms with Crippen LogP contribution >= 0.6 is 0 Å².